The molecule has 2 aromatic rings. The molecular formula is C19H22BrN3. The highest BCUT2D eigenvalue weighted by atomic mass is 79.9. The van der Waals surface area contributed by atoms with Gasteiger partial charge >= 0.3 is 0 Å². The summed E-state index contributed by atoms with van der Waals surface area (Å²) in [4.78, 5) is 9.50. The number of hydrogen-bond donors (Lipinski definition) is 0. The van der Waals surface area contributed by atoms with E-state index in [0.29, 0.717) is 0 Å². The number of hydrogen-bond acceptors (Lipinski definition) is 3. The molecule has 2 aromatic carbocycles. The van der Waals surface area contributed by atoms with Gasteiger partial charge in [0.2, 0.25) is 0 Å². The number of aliphatic imine (C=N–C) groups is 1. The fourth-order valence-electron chi connectivity index (χ4n) is 2.81. The van der Waals surface area contributed by atoms with E-state index >= 15 is 0 Å². The third-order valence-corrected chi connectivity index (χ3v) is 4.74. The zero-order valence-corrected chi connectivity index (χ0v) is 15.0. The Labute approximate surface area is 146 Å². The van der Waals surface area contributed by atoms with Gasteiger partial charge in [0.25, 0.3) is 0 Å². The first kappa shape index (κ1) is 16.2. The van der Waals surface area contributed by atoms with Crippen LogP contribution in [0.2, 0.25) is 0 Å². The van der Waals surface area contributed by atoms with Crippen molar-refractivity contribution >= 4 is 33.5 Å². The van der Waals surface area contributed by atoms with Crippen LogP contribution in [0.5, 0.6) is 0 Å². The van der Waals surface area contributed by atoms with Crippen LogP contribution >= 0.6 is 15.9 Å². The largest absolute Gasteiger partial charge is 0.369 e. The van der Waals surface area contributed by atoms with E-state index < -0.39 is 0 Å². The number of benzene rings is 2. The van der Waals surface area contributed by atoms with Gasteiger partial charge in [0.15, 0.2) is 0 Å². The molecule has 0 radical (unpaired) electrons. The minimum absolute atomic E-state index is 0.987. The summed E-state index contributed by atoms with van der Waals surface area (Å²) < 4.78 is 1.07. The molecule has 0 bridgehead atoms. The quantitative estimate of drug-likeness (QED) is 0.744. The Morgan fingerprint density at radius 2 is 1.78 bits per heavy atom. The predicted octanol–water partition coefficient (Wildman–Crippen LogP) is 4.34. The highest BCUT2D eigenvalue weighted by Gasteiger charge is 2.15. The minimum atomic E-state index is 0.987. The normalized spacial score (nSPS) is 16.2. The SMILES string of the molecule is CCN1CCN(c2ccc(N=Cc3cccc(Br)c3)cc2)CC1. The van der Waals surface area contributed by atoms with Crippen LogP contribution < -0.4 is 4.90 Å². The summed E-state index contributed by atoms with van der Waals surface area (Å²) in [5.74, 6) is 0. The maximum absolute atomic E-state index is 4.56. The fourth-order valence-corrected chi connectivity index (χ4v) is 3.22. The summed E-state index contributed by atoms with van der Waals surface area (Å²) in [5.41, 5.74) is 3.38. The van der Waals surface area contributed by atoms with E-state index in [2.05, 4.69) is 74.0 Å². The summed E-state index contributed by atoms with van der Waals surface area (Å²) in [7, 11) is 0. The van der Waals surface area contributed by atoms with Gasteiger partial charge in [-0.1, -0.05) is 35.0 Å². The molecule has 1 aliphatic rings. The predicted molar refractivity (Wildman–Crippen MR) is 102 cm³/mol. The lowest BCUT2D eigenvalue weighted by Gasteiger charge is -2.35. The third-order valence-electron chi connectivity index (χ3n) is 4.25. The van der Waals surface area contributed by atoms with Crippen molar-refractivity contribution in [1.82, 2.24) is 4.90 Å². The molecule has 0 saturated carbocycles. The molecule has 1 fully saturated rings. The lowest BCUT2D eigenvalue weighted by molar-refractivity contribution is 0.271. The number of anilines is 1. The van der Waals surface area contributed by atoms with Crippen LogP contribution in [-0.4, -0.2) is 43.8 Å². The van der Waals surface area contributed by atoms with E-state index in [0.717, 1.165) is 48.4 Å². The first-order chi connectivity index (χ1) is 11.2. The zero-order chi connectivity index (χ0) is 16.1. The molecule has 0 amide bonds. The van der Waals surface area contributed by atoms with Crippen molar-refractivity contribution in [3.8, 4) is 0 Å². The number of halogens is 1. The van der Waals surface area contributed by atoms with E-state index in [4.69, 9.17) is 0 Å². The average molecular weight is 372 g/mol. The van der Waals surface area contributed by atoms with Crippen molar-refractivity contribution in [3.05, 3.63) is 58.6 Å². The molecule has 4 heteroatoms. The highest BCUT2D eigenvalue weighted by molar-refractivity contribution is 9.10. The Bertz CT molecular complexity index is 659. The monoisotopic (exact) mass is 371 g/mol. The van der Waals surface area contributed by atoms with E-state index in [-0.39, 0.29) is 0 Å². The molecule has 1 aliphatic heterocycles. The summed E-state index contributed by atoms with van der Waals surface area (Å²) >= 11 is 3.48. The molecule has 0 unspecified atom stereocenters. The molecule has 1 saturated heterocycles. The number of rotatable bonds is 4. The third kappa shape index (κ3) is 4.43. The summed E-state index contributed by atoms with van der Waals surface area (Å²) in [6.07, 6.45) is 1.90. The van der Waals surface area contributed by atoms with Gasteiger partial charge in [-0.3, -0.25) is 4.99 Å². The first-order valence-corrected chi connectivity index (χ1v) is 8.91. The smallest absolute Gasteiger partial charge is 0.0631 e. The lowest BCUT2D eigenvalue weighted by Crippen LogP contribution is -2.46. The molecule has 23 heavy (non-hydrogen) atoms. The standard InChI is InChI=1S/C19H22BrN3/c1-2-22-10-12-23(13-11-22)19-8-6-18(7-9-19)21-15-16-4-3-5-17(20)14-16/h3-9,14-15H,2,10-13H2,1H3. The summed E-state index contributed by atoms with van der Waals surface area (Å²) in [5, 5.41) is 0. The van der Waals surface area contributed by atoms with Gasteiger partial charge in [0.05, 0.1) is 5.69 Å². The van der Waals surface area contributed by atoms with Crippen LogP contribution in [0.25, 0.3) is 0 Å². The highest BCUT2D eigenvalue weighted by Crippen LogP contribution is 2.21. The zero-order valence-electron chi connectivity index (χ0n) is 13.5. The molecule has 1 heterocycles. The first-order valence-electron chi connectivity index (χ1n) is 8.11. The lowest BCUT2D eigenvalue weighted by atomic mass is 10.2. The second-order valence-corrected chi connectivity index (χ2v) is 6.67. The maximum Gasteiger partial charge on any atom is 0.0631 e. The Hall–Kier alpha value is -1.65. The van der Waals surface area contributed by atoms with Gasteiger partial charge in [-0.05, 0) is 48.5 Å². The second kappa shape index (κ2) is 7.75. The fraction of sp³-hybridized carbons (Fsp3) is 0.316. The van der Waals surface area contributed by atoms with Gasteiger partial charge in [-0.25, -0.2) is 0 Å². The van der Waals surface area contributed by atoms with Crippen LogP contribution in [0, 0.1) is 0 Å². The van der Waals surface area contributed by atoms with Crippen LogP contribution in [0.3, 0.4) is 0 Å². The van der Waals surface area contributed by atoms with Crippen LogP contribution in [0.4, 0.5) is 11.4 Å². The van der Waals surface area contributed by atoms with Crippen LogP contribution in [0.1, 0.15) is 12.5 Å². The van der Waals surface area contributed by atoms with E-state index in [9.17, 15) is 0 Å². The van der Waals surface area contributed by atoms with Gasteiger partial charge in [-0.15, -0.1) is 0 Å². The second-order valence-electron chi connectivity index (χ2n) is 5.75. The Morgan fingerprint density at radius 3 is 2.43 bits per heavy atom. The van der Waals surface area contributed by atoms with Gasteiger partial charge in [0.1, 0.15) is 0 Å². The molecule has 0 N–H and O–H groups in total. The number of likely N-dealkylation sites (N-methyl/N-ethyl adjacent to an activating group) is 1. The molecule has 120 valence electrons. The van der Waals surface area contributed by atoms with Crippen LogP contribution in [0.15, 0.2) is 58.0 Å². The van der Waals surface area contributed by atoms with Crippen molar-refractivity contribution < 1.29 is 0 Å². The number of piperazine rings is 1. The average Bonchev–Trinajstić information content (AvgIpc) is 2.61. The molecule has 3 rings (SSSR count). The minimum Gasteiger partial charge on any atom is -0.369 e. The van der Waals surface area contributed by atoms with Crippen molar-refractivity contribution in [2.24, 2.45) is 4.99 Å². The van der Waals surface area contributed by atoms with Crippen molar-refractivity contribution in [3.63, 3.8) is 0 Å². The molecule has 0 aromatic heterocycles. The van der Waals surface area contributed by atoms with Crippen molar-refractivity contribution in [2.45, 2.75) is 6.92 Å². The molecular weight excluding hydrogens is 350 g/mol. The number of nitrogens with zero attached hydrogens (tertiary/aromatic N) is 3. The molecule has 0 atom stereocenters. The van der Waals surface area contributed by atoms with Gasteiger partial charge in [0, 0.05) is 42.6 Å². The molecule has 0 spiro atoms. The van der Waals surface area contributed by atoms with E-state index in [1.165, 1.54) is 5.69 Å². The maximum atomic E-state index is 4.56. The Balaban J connectivity index is 1.63. The van der Waals surface area contributed by atoms with E-state index in [1.54, 1.807) is 0 Å². The van der Waals surface area contributed by atoms with Crippen LogP contribution in [-0.2, 0) is 0 Å². The Kier molecular flexibility index (Phi) is 5.47. The summed E-state index contributed by atoms with van der Waals surface area (Å²) in [6.45, 7) is 7.90. The van der Waals surface area contributed by atoms with Crippen molar-refractivity contribution in [2.75, 3.05) is 37.6 Å². The summed E-state index contributed by atoms with van der Waals surface area (Å²) in [6, 6.07) is 16.7. The topological polar surface area (TPSA) is 18.8 Å². The Morgan fingerprint density at radius 1 is 1.04 bits per heavy atom. The van der Waals surface area contributed by atoms with Gasteiger partial charge < -0.3 is 9.80 Å². The molecule has 0 aliphatic carbocycles. The van der Waals surface area contributed by atoms with Crippen molar-refractivity contribution in [1.29, 1.82) is 0 Å². The van der Waals surface area contributed by atoms with Gasteiger partial charge in [-0.2, -0.15) is 0 Å². The molecule has 3 nitrogen and oxygen atoms in total. The van der Waals surface area contributed by atoms with E-state index in [1.807, 2.05) is 18.3 Å².